The number of nitriles is 1. The SMILES string of the molecule is COc1cc(C#N)ccc1Oc1ccccc1C(=O)O. The van der Waals surface area contributed by atoms with Gasteiger partial charge in [0.1, 0.15) is 11.3 Å². The van der Waals surface area contributed by atoms with Gasteiger partial charge in [0.2, 0.25) is 0 Å². The maximum absolute atomic E-state index is 11.1. The van der Waals surface area contributed by atoms with E-state index in [-0.39, 0.29) is 11.3 Å². The summed E-state index contributed by atoms with van der Waals surface area (Å²) in [5, 5.41) is 17.9. The molecule has 0 unspecified atom stereocenters. The number of nitrogens with zero attached hydrogens (tertiary/aromatic N) is 1. The molecule has 2 aromatic carbocycles. The van der Waals surface area contributed by atoms with E-state index in [9.17, 15) is 4.79 Å². The summed E-state index contributed by atoms with van der Waals surface area (Å²) in [4.78, 5) is 11.1. The third kappa shape index (κ3) is 2.70. The lowest BCUT2D eigenvalue weighted by molar-refractivity contribution is 0.0694. The quantitative estimate of drug-likeness (QED) is 0.922. The van der Waals surface area contributed by atoms with Crippen LogP contribution in [0.3, 0.4) is 0 Å². The number of hydrogen-bond acceptors (Lipinski definition) is 4. The minimum Gasteiger partial charge on any atom is -0.493 e. The lowest BCUT2D eigenvalue weighted by atomic mass is 10.2. The molecule has 0 saturated carbocycles. The molecular formula is C15H11NO4. The Labute approximate surface area is 115 Å². The molecule has 0 radical (unpaired) electrons. The Kier molecular flexibility index (Phi) is 3.87. The smallest absolute Gasteiger partial charge is 0.339 e. The lowest BCUT2D eigenvalue weighted by Gasteiger charge is -2.12. The third-order valence-electron chi connectivity index (χ3n) is 2.63. The molecule has 0 saturated heterocycles. The molecule has 0 aliphatic heterocycles. The summed E-state index contributed by atoms with van der Waals surface area (Å²) in [5.74, 6) is -0.152. The first kappa shape index (κ1) is 13.4. The topological polar surface area (TPSA) is 79.5 Å². The van der Waals surface area contributed by atoms with Crippen molar-refractivity contribution in [1.29, 1.82) is 5.26 Å². The Hall–Kier alpha value is -3.00. The maximum Gasteiger partial charge on any atom is 0.339 e. The standard InChI is InChI=1S/C15H11NO4/c1-19-14-8-10(9-16)6-7-13(14)20-12-5-3-2-4-11(12)15(17)18/h2-8H,1H3,(H,17,18). The molecule has 0 aliphatic rings. The zero-order chi connectivity index (χ0) is 14.5. The van der Waals surface area contributed by atoms with Crippen molar-refractivity contribution in [2.24, 2.45) is 0 Å². The largest absolute Gasteiger partial charge is 0.493 e. The highest BCUT2D eigenvalue weighted by atomic mass is 16.5. The van der Waals surface area contributed by atoms with Crippen molar-refractivity contribution in [1.82, 2.24) is 0 Å². The summed E-state index contributed by atoms with van der Waals surface area (Å²) in [5.41, 5.74) is 0.486. The highest BCUT2D eigenvalue weighted by Gasteiger charge is 2.13. The van der Waals surface area contributed by atoms with Gasteiger partial charge in [-0.15, -0.1) is 0 Å². The predicted molar refractivity (Wildman–Crippen MR) is 71.2 cm³/mol. The van der Waals surface area contributed by atoms with E-state index in [2.05, 4.69) is 0 Å². The van der Waals surface area contributed by atoms with Crippen LogP contribution in [0.4, 0.5) is 0 Å². The van der Waals surface area contributed by atoms with Crippen LogP contribution in [-0.4, -0.2) is 18.2 Å². The number of rotatable bonds is 4. The lowest BCUT2D eigenvalue weighted by Crippen LogP contribution is -2.00. The van der Waals surface area contributed by atoms with Gasteiger partial charge in [0.05, 0.1) is 18.7 Å². The fourth-order valence-electron chi connectivity index (χ4n) is 1.67. The second kappa shape index (κ2) is 5.76. The van der Waals surface area contributed by atoms with E-state index in [1.54, 1.807) is 30.3 Å². The van der Waals surface area contributed by atoms with E-state index < -0.39 is 5.97 Å². The average Bonchev–Trinajstić information content (AvgIpc) is 2.48. The van der Waals surface area contributed by atoms with E-state index >= 15 is 0 Å². The van der Waals surface area contributed by atoms with E-state index in [0.717, 1.165) is 0 Å². The molecule has 0 aromatic heterocycles. The highest BCUT2D eigenvalue weighted by molar-refractivity contribution is 5.90. The van der Waals surface area contributed by atoms with Gasteiger partial charge in [0.25, 0.3) is 0 Å². The minimum atomic E-state index is -1.08. The van der Waals surface area contributed by atoms with Crippen molar-refractivity contribution >= 4 is 5.97 Å². The van der Waals surface area contributed by atoms with Gasteiger partial charge in [0, 0.05) is 6.07 Å². The van der Waals surface area contributed by atoms with E-state index in [4.69, 9.17) is 19.8 Å². The Bertz CT molecular complexity index is 689. The van der Waals surface area contributed by atoms with Crippen LogP contribution in [0.15, 0.2) is 42.5 Å². The number of methoxy groups -OCH3 is 1. The van der Waals surface area contributed by atoms with Gasteiger partial charge < -0.3 is 14.6 Å². The fraction of sp³-hybridized carbons (Fsp3) is 0.0667. The normalized spacial score (nSPS) is 9.60. The summed E-state index contributed by atoms with van der Waals surface area (Å²) in [6.07, 6.45) is 0. The van der Waals surface area contributed by atoms with Gasteiger partial charge in [-0.3, -0.25) is 0 Å². The van der Waals surface area contributed by atoms with E-state index in [1.807, 2.05) is 6.07 Å². The Morgan fingerprint density at radius 2 is 1.90 bits per heavy atom. The molecule has 20 heavy (non-hydrogen) atoms. The number of carbonyl (C=O) groups is 1. The molecule has 0 fully saturated rings. The summed E-state index contributed by atoms with van der Waals surface area (Å²) < 4.78 is 10.7. The van der Waals surface area contributed by atoms with Crippen molar-refractivity contribution in [2.75, 3.05) is 7.11 Å². The van der Waals surface area contributed by atoms with Crippen LogP contribution in [0.2, 0.25) is 0 Å². The van der Waals surface area contributed by atoms with Gasteiger partial charge in [-0.25, -0.2) is 4.79 Å². The van der Waals surface area contributed by atoms with Gasteiger partial charge >= 0.3 is 5.97 Å². The third-order valence-corrected chi connectivity index (χ3v) is 2.63. The van der Waals surface area contributed by atoms with Gasteiger partial charge in [-0.2, -0.15) is 5.26 Å². The van der Waals surface area contributed by atoms with E-state index in [0.29, 0.717) is 17.1 Å². The van der Waals surface area contributed by atoms with Crippen LogP contribution in [0.1, 0.15) is 15.9 Å². The van der Waals surface area contributed by atoms with Crippen molar-refractivity contribution in [2.45, 2.75) is 0 Å². The molecule has 1 N–H and O–H groups in total. The molecule has 2 aromatic rings. The second-order valence-corrected chi connectivity index (χ2v) is 3.88. The highest BCUT2D eigenvalue weighted by Crippen LogP contribution is 2.33. The number of carboxylic acids is 1. The molecule has 0 heterocycles. The van der Waals surface area contributed by atoms with Crippen LogP contribution < -0.4 is 9.47 Å². The maximum atomic E-state index is 11.1. The number of hydrogen-bond donors (Lipinski definition) is 1. The summed E-state index contributed by atoms with van der Waals surface area (Å²) >= 11 is 0. The number of ether oxygens (including phenoxy) is 2. The second-order valence-electron chi connectivity index (χ2n) is 3.88. The summed E-state index contributed by atoms with van der Waals surface area (Å²) in [6.45, 7) is 0. The molecule has 0 atom stereocenters. The van der Waals surface area contributed by atoms with Crippen LogP contribution >= 0.6 is 0 Å². The number of para-hydroxylation sites is 1. The zero-order valence-corrected chi connectivity index (χ0v) is 10.7. The molecule has 0 bridgehead atoms. The van der Waals surface area contributed by atoms with Gasteiger partial charge in [0.15, 0.2) is 11.5 Å². The van der Waals surface area contributed by atoms with Crippen LogP contribution in [0.25, 0.3) is 0 Å². The molecular weight excluding hydrogens is 258 g/mol. The molecule has 0 aliphatic carbocycles. The minimum absolute atomic E-state index is 0.0545. The Morgan fingerprint density at radius 1 is 1.15 bits per heavy atom. The Morgan fingerprint density at radius 3 is 2.55 bits per heavy atom. The average molecular weight is 269 g/mol. The first-order valence-corrected chi connectivity index (χ1v) is 5.74. The molecule has 2 rings (SSSR count). The number of carboxylic acid groups (broad SMARTS) is 1. The molecule has 100 valence electrons. The summed E-state index contributed by atoms with van der Waals surface area (Å²) in [6, 6.07) is 13.0. The molecule has 0 amide bonds. The monoisotopic (exact) mass is 269 g/mol. The van der Waals surface area contributed by atoms with Crippen LogP contribution in [0, 0.1) is 11.3 Å². The number of benzene rings is 2. The van der Waals surface area contributed by atoms with E-state index in [1.165, 1.54) is 19.2 Å². The number of aromatic carboxylic acids is 1. The van der Waals surface area contributed by atoms with Crippen LogP contribution in [-0.2, 0) is 0 Å². The van der Waals surface area contributed by atoms with Gasteiger partial charge in [-0.1, -0.05) is 12.1 Å². The molecule has 0 spiro atoms. The molecule has 5 heteroatoms. The van der Waals surface area contributed by atoms with Crippen molar-refractivity contribution in [3.8, 4) is 23.3 Å². The first-order valence-electron chi connectivity index (χ1n) is 5.74. The fourth-order valence-corrected chi connectivity index (χ4v) is 1.67. The van der Waals surface area contributed by atoms with Crippen LogP contribution in [0.5, 0.6) is 17.2 Å². The zero-order valence-electron chi connectivity index (χ0n) is 10.7. The molecule has 5 nitrogen and oxygen atoms in total. The van der Waals surface area contributed by atoms with Crippen molar-refractivity contribution in [3.63, 3.8) is 0 Å². The summed E-state index contributed by atoms with van der Waals surface area (Å²) in [7, 11) is 1.45. The predicted octanol–water partition coefficient (Wildman–Crippen LogP) is 3.06. The van der Waals surface area contributed by atoms with Crippen molar-refractivity contribution in [3.05, 3.63) is 53.6 Å². The van der Waals surface area contributed by atoms with Crippen molar-refractivity contribution < 1.29 is 19.4 Å². The van der Waals surface area contributed by atoms with Gasteiger partial charge in [-0.05, 0) is 24.3 Å². The first-order chi connectivity index (χ1) is 9.65. The Balaban J connectivity index is 2.40.